The van der Waals surface area contributed by atoms with Crippen molar-refractivity contribution in [2.75, 3.05) is 5.32 Å². The standard InChI is InChI=1S/C17H17N3O/c18-17(21)10-12-1-4-15(5-2-12)20-11-13-3-6-16-14(9-13)7-8-19-16/h1-9,19-20H,10-11H2,(H2,18,21). The SMILES string of the molecule is NC(=O)Cc1ccc(NCc2ccc3[nH]ccc3c2)cc1. The molecule has 0 saturated carbocycles. The van der Waals surface area contributed by atoms with Crippen molar-refractivity contribution in [3.8, 4) is 0 Å². The number of fused-ring (bicyclic) bond motifs is 1. The predicted molar refractivity (Wildman–Crippen MR) is 85.0 cm³/mol. The number of benzene rings is 2. The van der Waals surface area contributed by atoms with Crippen molar-refractivity contribution in [3.63, 3.8) is 0 Å². The van der Waals surface area contributed by atoms with Crippen LogP contribution in [-0.4, -0.2) is 10.9 Å². The highest BCUT2D eigenvalue weighted by Gasteiger charge is 2.00. The van der Waals surface area contributed by atoms with Gasteiger partial charge in [0.25, 0.3) is 0 Å². The molecular weight excluding hydrogens is 262 g/mol. The van der Waals surface area contributed by atoms with E-state index in [1.807, 2.05) is 30.5 Å². The molecule has 3 rings (SSSR count). The third-order valence-corrected chi connectivity index (χ3v) is 3.45. The van der Waals surface area contributed by atoms with Crippen LogP contribution in [0.1, 0.15) is 11.1 Å². The van der Waals surface area contributed by atoms with Gasteiger partial charge in [0.2, 0.25) is 5.91 Å². The van der Waals surface area contributed by atoms with Gasteiger partial charge in [0.05, 0.1) is 6.42 Å². The molecule has 0 radical (unpaired) electrons. The maximum Gasteiger partial charge on any atom is 0.221 e. The maximum atomic E-state index is 10.9. The number of hydrogen-bond donors (Lipinski definition) is 3. The van der Waals surface area contributed by atoms with Gasteiger partial charge in [0, 0.05) is 23.9 Å². The van der Waals surface area contributed by atoms with Gasteiger partial charge in [-0.1, -0.05) is 18.2 Å². The molecule has 0 aliphatic rings. The highest BCUT2D eigenvalue weighted by molar-refractivity contribution is 5.80. The van der Waals surface area contributed by atoms with Crippen LogP contribution >= 0.6 is 0 Å². The van der Waals surface area contributed by atoms with Gasteiger partial charge in [0.15, 0.2) is 0 Å². The van der Waals surface area contributed by atoms with Crippen LogP contribution in [0.2, 0.25) is 0 Å². The Hall–Kier alpha value is -2.75. The Kier molecular flexibility index (Phi) is 3.60. The Morgan fingerprint density at radius 3 is 2.57 bits per heavy atom. The van der Waals surface area contributed by atoms with Gasteiger partial charge in [0.1, 0.15) is 0 Å². The Morgan fingerprint density at radius 2 is 1.81 bits per heavy atom. The van der Waals surface area contributed by atoms with Gasteiger partial charge in [-0.05, 0) is 46.8 Å². The Bertz CT molecular complexity index is 759. The Morgan fingerprint density at radius 1 is 1.05 bits per heavy atom. The normalized spacial score (nSPS) is 10.7. The fourth-order valence-electron chi connectivity index (χ4n) is 2.36. The van der Waals surface area contributed by atoms with Crippen LogP contribution < -0.4 is 11.1 Å². The van der Waals surface area contributed by atoms with Crippen LogP contribution in [0, 0.1) is 0 Å². The highest BCUT2D eigenvalue weighted by Crippen LogP contribution is 2.16. The minimum absolute atomic E-state index is 0.282. The van der Waals surface area contributed by atoms with Crippen molar-refractivity contribution in [3.05, 3.63) is 65.9 Å². The molecule has 0 aliphatic heterocycles. The van der Waals surface area contributed by atoms with Gasteiger partial charge >= 0.3 is 0 Å². The van der Waals surface area contributed by atoms with E-state index in [4.69, 9.17) is 5.73 Å². The van der Waals surface area contributed by atoms with Gasteiger partial charge in [-0.25, -0.2) is 0 Å². The van der Waals surface area contributed by atoms with E-state index >= 15 is 0 Å². The van der Waals surface area contributed by atoms with E-state index in [9.17, 15) is 4.79 Å². The van der Waals surface area contributed by atoms with E-state index in [1.54, 1.807) is 0 Å². The number of carbonyl (C=O) groups excluding carboxylic acids is 1. The zero-order valence-corrected chi connectivity index (χ0v) is 11.6. The van der Waals surface area contributed by atoms with Crippen LogP contribution in [0.25, 0.3) is 10.9 Å². The largest absolute Gasteiger partial charge is 0.381 e. The van der Waals surface area contributed by atoms with Crippen LogP contribution in [-0.2, 0) is 17.8 Å². The average Bonchev–Trinajstić information content (AvgIpc) is 2.93. The number of carbonyl (C=O) groups is 1. The summed E-state index contributed by atoms with van der Waals surface area (Å²) >= 11 is 0. The Labute approximate surface area is 123 Å². The predicted octanol–water partition coefficient (Wildman–Crippen LogP) is 2.81. The molecule has 0 atom stereocenters. The average molecular weight is 279 g/mol. The number of amides is 1. The lowest BCUT2D eigenvalue weighted by molar-refractivity contribution is -0.117. The van der Waals surface area contributed by atoms with Crippen molar-refractivity contribution in [1.82, 2.24) is 4.98 Å². The lowest BCUT2D eigenvalue weighted by atomic mass is 10.1. The maximum absolute atomic E-state index is 10.9. The van der Waals surface area contributed by atoms with E-state index in [-0.39, 0.29) is 12.3 Å². The molecule has 0 unspecified atom stereocenters. The summed E-state index contributed by atoms with van der Waals surface area (Å²) in [7, 11) is 0. The second kappa shape index (κ2) is 5.71. The molecule has 0 spiro atoms. The second-order valence-corrected chi connectivity index (χ2v) is 5.09. The van der Waals surface area contributed by atoms with Crippen molar-refractivity contribution in [2.24, 2.45) is 5.73 Å². The van der Waals surface area contributed by atoms with Crippen molar-refractivity contribution < 1.29 is 4.79 Å². The molecule has 4 heteroatoms. The first-order valence-corrected chi connectivity index (χ1v) is 6.88. The minimum Gasteiger partial charge on any atom is -0.381 e. The quantitative estimate of drug-likeness (QED) is 0.672. The zero-order chi connectivity index (χ0) is 14.7. The number of aromatic nitrogens is 1. The molecule has 1 amide bonds. The first-order valence-electron chi connectivity index (χ1n) is 6.88. The topological polar surface area (TPSA) is 70.9 Å². The number of nitrogens with one attached hydrogen (secondary N) is 2. The van der Waals surface area contributed by atoms with Crippen molar-refractivity contribution in [1.29, 1.82) is 0 Å². The summed E-state index contributed by atoms with van der Waals surface area (Å²) in [6.07, 6.45) is 2.23. The van der Waals surface area contributed by atoms with E-state index in [0.717, 1.165) is 23.3 Å². The van der Waals surface area contributed by atoms with Crippen LogP contribution in [0.3, 0.4) is 0 Å². The number of anilines is 1. The van der Waals surface area contributed by atoms with Gasteiger partial charge in [-0.2, -0.15) is 0 Å². The minimum atomic E-state index is -0.310. The summed E-state index contributed by atoms with van der Waals surface area (Å²) in [6.45, 7) is 0.760. The van der Waals surface area contributed by atoms with Crippen LogP contribution in [0.5, 0.6) is 0 Å². The van der Waals surface area contributed by atoms with E-state index in [2.05, 4.69) is 34.6 Å². The monoisotopic (exact) mass is 279 g/mol. The molecule has 4 N–H and O–H groups in total. The second-order valence-electron chi connectivity index (χ2n) is 5.09. The lowest BCUT2D eigenvalue weighted by Crippen LogP contribution is -2.13. The molecule has 106 valence electrons. The van der Waals surface area contributed by atoms with Gasteiger partial charge in [-0.15, -0.1) is 0 Å². The smallest absolute Gasteiger partial charge is 0.221 e. The third-order valence-electron chi connectivity index (χ3n) is 3.45. The molecule has 0 fully saturated rings. The molecule has 21 heavy (non-hydrogen) atoms. The summed E-state index contributed by atoms with van der Waals surface area (Å²) < 4.78 is 0. The molecule has 0 aliphatic carbocycles. The van der Waals surface area contributed by atoms with E-state index in [1.165, 1.54) is 10.9 Å². The molecule has 2 aromatic carbocycles. The fourth-order valence-corrected chi connectivity index (χ4v) is 2.36. The molecule has 3 aromatic rings. The first kappa shape index (κ1) is 13.2. The number of rotatable bonds is 5. The van der Waals surface area contributed by atoms with Gasteiger partial charge in [-0.3, -0.25) is 4.79 Å². The highest BCUT2D eigenvalue weighted by atomic mass is 16.1. The molecule has 1 aromatic heterocycles. The Balaban J connectivity index is 1.65. The fraction of sp³-hybridized carbons (Fsp3) is 0.118. The third kappa shape index (κ3) is 3.23. The number of primary amides is 1. The molecule has 4 nitrogen and oxygen atoms in total. The molecule has 0 bridgehead atoms. The molecular formula is C17H17N3O. The van der Waals surface area contributed by atoms with Crippen LogP contribution in [0.4, 0.5) is 5.69 Å². The summed E-state index contributed by atoms with van der Waals surface area (Å²) in [4.78, 5) is 14.0. The number of aromatic amines is 1. The summed E-state index contributed by atoms with van der Waals surface area (Å²) in [5.41, 5.74) is 9.51. The molecule has 1 heterocycles. The van der Waals surface area contributed by atoms with Crippen LogP contribution in [0.15, 0.2) is 54.7 Å². The van der Waals surface area contributed by atoms with Crippen molar-refractivity contribution in [2.45, 2.75) is 13.0 Å². The van der Waals surface area contributed by atoms with E-state index < -0.39 is 0 Å². The number of H-pyrrole nitrogens is 1. The summed E-state index contributed by atoms with van der Waals surface area (Å²) in [5.74, 6) is -0.310. The lowest BCUT2D eigenvalue weighted by Gasteiger charge is -2.07. The van der Waals surface area contributed by atoms with Crippen molar-refractivity contribution >= 4 is 22.5 Å². The summed E-state index contributed by atoms with van der Waals surface area (Å²) in [6, 6.07) is 16.2. The first-order chi connectivity index (χ1) is 10.2. The summed E-state index contributed by atoms with van der Waals surface area (Å²) in [5, 5.41) is 4.59. The van der Waals surface area contributed by atoms with Gasteiger partial charge < -0.3 is 16.0 Å². The molecule has 0 saturated heterocycles. The number of nitrogens with two attached hydrogens (primary N) is 1. The number of hydrogen-bond acceptors (Lipinski definition) is 2. The van der Waals surface area contributed by atoms with E-state index in [0.29, 0.717) is 0 Å². The zero-order valence-electron chi connectivity index (χ0n) is 11.6.